The third-order valence-corrected chi connectivity index (χ3v) is 4.38. The molecule has 1 saturated heterocycles. The van der Waals surface area contributed by atoms with Gasteiger partial charge in [-0.25, -0.2) is 0 Å². The summed E-state index contributed by atoms with van der Waals surface area (Å²) in [5.74, 6) is 0. The second-order valence-electron chi connectivity index (χ2n) is 6.26. The van der Waals surface area contributed by atoms with Gasteiger partial charge in [-0.3, -0.25) is 0 Å². The average molecular weight is 360 g/mol. The maximum absolute atomic E-state index is 10.3. The molecule has 2 aromatic rings. The summed E-state index contributed by atoms with van der Waals surface area (Å²) >= 11 is 0. The molecule has 6 nitrogen and oxygen atoms in total. The summed E-state index contributed by atoms with van der Waals surface area (Å²) in [6, 6.07) is 19.1. The Kier molecular flexibility index (Phi) is 6.73. The van der Waals surface area contributed by atoms with E-state index in [2.05, 4.69) is 0 Å². The van der Waals surface area contributed by atoms with Gasteiger partial charge in [-0.2, -0.15) is 0 Å². The van der Waals surface area contributed by atoms with Crippen LogP contribution < -0.4 is 0 Å². The molecule has 0 saturated carbocycles. The molecule has 26 heavy (non-hydrogen) atoms. The number of hydrogen-bond acceptors (Lipinski definition) is 6. The van der Waals surface area contributed by atoms with E-state index in [4.69, 9.17) is 14.2 Å². The summed E-state index contributed by atoms with van der Waals surface area (Å²) in [4.78, 5) is 0. The standard InChI is InChI=1S/C20H24O6/c21-11-16-18(24-12-14-7-3-1-4-8-14)19(17(22)20(23)26-16)25-13-15-9-5-2-6-10-15/h1-10,16-23H,11-13H2/t16-,17+,18-,19-,20?/m1/s1. The van der Waals surface area contributed by atoms with Crippen molar-refractivity contribution in [3.8, 4) is 0 Å². The van der Waals surface area contributed by atoms with Crippen molar-refractivity contribution >= 4 is 0 Å². The first kappa shape index (κ1) is 19.0. The lowest BCUT2D eigenvalue weighted by Crippen LogP contribution is -2.60. The Bertz CT molecular complexity index is 606. The van der Waals surface area contributed by atoms with Gasteiger partial charge in [0.05, 0.1) is 19.8 Å². The maximum atomic E-state index is 10.3. The second-order valence-corrected chi connectivity index (χ2v) is 6.26. The Morgan fingerprint density at radius 2 is 1.27 bits per heavy atom. The SMILES string of the molecule is OC[C@H]1OC(O)[C@@H](O)[C@@H](OCc2ccccc2)[C@@H]1OCc1ccccc1. The van der Waals surface area contributed by atoms with Crippen LogP contribution in [0.15, 0.2) is 60.7 Å². The topological polar surface area (TPSA) is 88.4 Å². The monoisotopic (exact) mass is 360 g/mol. The molecule has 3 N–H and O–H groups in total. The summed E-state index contributed by atoms with van der Waals surface area (Å²) in [7, 11) is 0. The minimum Gasteiger partial charge on any atom is -0.394 e. The number of aliphatic hydroxyl groups is 3. The molecule has 0 amide bonds. The van der Waals surface area contributed by atoms with E-state index in [1.54, 1.807) is 0 Å². The van der Waals surface area contributed by atoms with Crippen molar-refractivity contribution < 1.29 is 29.5 Å². The minimum absolute atomic E-state index is 0.249. The first-order valence-electron chi connectivity index (χ1n) is 8.62. The predicted octanol–water partition coefficient (Wildman–Crippen LogP) is 1.23. The molecule has 1 aliphatic rings. The zero-order chi connectivity index (χ0) is 18.4. The van der Waals surface area contributed by atoms with Crippen molar-refractivity contribution in [2.24, 2.45) is 0 Å². The van der Waals surface area contributed by atoms with E-state index in [-0.39, 0.29) is 19.8 Å². The summed E-state index contributed by atoms with van der Waals surface area (Å²) in [5.41, 5.74) is 1.88. The highest BCUT2D eigenvalue weighted by atomic mass is 16.7. The number of hydrogen-bond donors (Lipinski definition) is 3. The van der Waals surface area contributed by atoms with Gasteiger partial charge < -0.3 is 29.5 Å². The van der Waals surface area contributed by atoms with Crippen LogP contribution in [0.3, 0.4) is 0 Å². The summed E-state index contributed by atoms with van der Waals surface area (Å²) < 4.78 is 17.1. The van der Waals surface area contributed by atoms with Crippen LogP contribution in [-0.4, -0.2) is 52.6 Å². The Labute approximate surface area is 152 Å². The lowest BCUT2D eigenvalue weighted by atomic mass is 9.98. The molecule has 0 aromatic heterocycles. The van der Waals surface area contributed by atoms with Gasteiger partial charge in [0.15, 0.2) is 6.29 Å². The zero-order valence-corrected chi connectivity index (χ0v) is 14.3. The van der Waals surface area contributed by atoms with Crippen molar-refractivity contribution in [1.82, 2.24) is 0 Å². The van der Waals surface area contributed by atoms with Crippen LogP contribution in [0.1, 0.15) is 11.1 Å². The quantitative estimate of drug-likeness (QED) is 0.688. The van der Waals surface area contributed by atoms with Crippen LogP contribution >= 0.6 is 0 Å². The van der Waals surface area contributed by atoms with Crippen molar-refractivity contribution in [2.75, 3.05) is 6.61 Å². The van der Waals surface area contributed by atoms with Crippen LogP contribution in [0.5, 0.6) is 0 Å². The van der Waals surface area contributed by atoms with E-state index >= 15 is 0 Å². The van der Waals surface area contributed by atoms with Crippen molar-refractivity contribution in [1.29, 1.82) is 0 Å². The van der Waals surface area contributed by atoms with Gasteiger partial charge in [0, 0.05) is 0 Å². The van der Waals surface area contributed by atoms with Gasteiger partial charge >= 0.3 is 0 Å². The van der Waals surface area contributed by atoms with E-state index in [9.17, 15) is 15.3 Å². The highest BCUT2D eigenvalue weighted by Crippen LogP contribution is 2.26. The fourth-order valence-electron chi connectivity index (χ4n) is 2.98. The van der Waals surface area contributed by atoms with Crippen LogP contribution in [0, 0.1) is 0 Å². The molecule has 140 valence electrons. The molecular formula is C20H24O6. The van der Waals surface area contributed by atoms with Crippen LogP contribution in [0.2, 0.25) is 0 Å². The van der Waals surface area contributed by atoms with Gasteiger partial charge in [0.2, 0.25) is 0 Å². The predicted molar refractivity (Wildman–Crippen MR) is 94.0 cm³/mol. The number of benzene rings is 2. The summed E-state index contributed by atoms with van der Waals surface area (Å²) in [6.07, 6.45) is -5.06. The molecule has 0 aliphatic carbocycles. The summed E-state index contributed by atoms with van der Waals surface area (Å²) in [5, 5.41) is 29.9. The molecule has 0 spiro atoms. The van der Waals surface area contributed by atoms with Gasteiger partial charge in [-0.15, -0.1) is 0 Å². The maximum Gasteiger partial charge on any atom is 0.184 e. The molecule has 5 atom stereocenters. The molecule has 1 aliphatic heterocycles. The van der Waals surface area contributed by atoms with Crippen molar-refractivity contribution in [2.45, 2.75) is 43.9 Å². The van der Waals surface area contributed by atoms with Gasteiger partial charge in [0.25, 0.3) is 0 Å². The highest BCUT2D eigenvalue weighted by molar-refractivity contribution is 5.14. The molecule has 2 aromatic carbocycles. The fraction of sp³-hybridized carbons (Fsp3) is 0.400. The van der Waals surface area contributed by atoms with Crippen LogP contribution in [0.25, 0.3) is 0 Å². The third-order valence-electron chi connectivity index (χ3n) is 4.38. The van der Waals surface area contributed by atoms with Gasteiger partial charge in [0.1, 0.15) is 24.4 Å². The number of rotatable bonds is 7. The molecule has 1 fully saturated rings. The summed E-state index contributed by atoms with van der Waals surface area (Å²) in [6.45, 7) is 0.173. The Hall–Kier alpha value is -1.80. The van der Waals surface area contributed by atoms with E-state index in [1.165, 1.54) is 0 Å². The normalized spacial score (nSPS) is 28.8. The number of aliphatic hydroxyl groups excluding tert-OH is 3. The van der Waals surface area contributed by atoms with E-state index < -0.39 is 30.7 Å². The fourth-order valence-corrected chi connectivity index (χ4v) is 2.98. The second kappa shape index (κ2) is 9.23. The highest BCUT2D eigenvalue weighted by Gasteiger charge is 2.46. The lowest BCUT2D eigenvalue weighted by molar-refractivity contribution is -0.305. The smallest absolute Gasteiger partial charge is 0.184 e. The first-order chi connectivity index (χ1) is 12.7. The Morgan fingerprint density at radius 3 is 1.77 bits per heavy atom. The largest absolute Gasteiger partial charge is 0.394 e. The lowest BCUT2D eigenvalue weighted by Gasteiger charge is -2.42. The number of ether oxygens (including phenoxy) is 3. The first-order valence-corrected chi connectivity index (χ1v) is 8.62. The van der Waals surface area contributed by atoms with Gasteiger partial charge in [-0.1, -0.05) is 60.7 Å². The molecular weight excluding hydrogens is 336 g/mol. The van der Waals surface area contributed by atoms with Crippen LogP contribution in [0.4, 0.5) is 0 Å². The van der Waals surface area contributed by atoms with E-state index in [0.29, 0.717) is 0 Å². The molecule has 1 unspecified atom stereocenters. The van der Waals surface area contributed by atoms with E-state index in [0.717, 1.165) is 11.1 Å². The average Bonchev–Trinajstić information content (AvgIpc) is 2.69. The molecule has 6 heteroatoms. The zero-order valence-electron chi connectivity index (χ0n) is 14.3. The minimum atomic E-state index is -1.44. The molecule has 1 heterocycles. The Morgan fingerprint density at radius 1 is 0.769 bits per heavy atom. The van der Waals surface area contributed by atoms with Crippen molar-refractivity contribution in [3.63, 3.8) is 0 Å². The van der Waals surface area contributed by atoms with Gasteiger partial charge in [-0.05, 0) is 11.1 Å². The van der Waals surface area contributed by atoms with Crippen LogP contribution in [-0.2, 0) is 27.4 Å². The Balaban J connectivity index is 1.71. The molecule has 3 rings (SSSR count). The third kappa shape index (κ3) is 4.67. The van der Waals surface area contributed by atoms with Crippen molar-refractivity contribution in [3.05, 3.63) is 71.8 Å². The molecule has 0 radical (unpaired) electrons. The molecule has 0 bridgehead atoms. The van der Waals surface area contributed by atoms with E-state index in [1.807, 2.05) is 60.7 Å².